The van der Waals surface area contributed by atoms with E-state index in [1.54, 1.807) is 33.8 Å². The molecule has 2 aromatic rings. The summed E-state index contributed by atoms with van der Waals surface area (Å²) in [4.78, 5) is 70.5. The molecule has 2 saturated heterocycles. The lowest BCUT2D eigenvalue weighted by Gasteiger charge is -2.35. The number of para-hydroxylation sites is 1. The molecule has 0 radical (unpaired) electrons. The minimum atomic E-state index is -1.00. The highest BCUT2D eigenvalue weighted by Gasteiger charge is 2.36. The Morgan fingerprint density at radius 2 is 1.68 bits per heavy atom. The molecule has 0 spiro atoms. The molecule has 1 saturated carbocycles. The second kappa shape index (κ2) is 17.8. The minimum absolute atomic E-state index is 0.0239. The van der Waals surface area contributed by atoms with Crippen molar-refractivity contribution in [2.45, 2.75) is 76.9 Å². The lowest BCUT2D eigenvalue weighted by atomic mass is 9.93. The highest BCUT2D eigenvalue weighted by Crippen LogP contribution is 2.24. The highest BCUT2D eigenvalue weighted by molar-refractivity contribution is 5.96. The highest BCUT2D eigenvalue weighted by atomic mass is 16.6. The zero-order valence-corrected chi connectivity index (χ0v) is 29.0. The zero-order valence-electron chi connectivity index (χ0n) is 29.0. The first-order valence-corrected chi connectivity index (χ1v) is 17.8. The molecular weight excluding hydrogens is 646 g/mol. The molecular formula is C35H49N7O8. The molecule has 3 fully saturated rings. The van der Waals surface area contributed by atoms with Crippen molar-refractivity contribution in [2.24, 2.45) is 0 Å². The lowest BCUT2D eigenvalue weighted by molar-refractivity contribution is -0.140. The van der Waals surface area contributed by atoms with Crippen LogP contribution in [0.3, 0.4) is 0 Å². The maximum atomic E-state index is 13.6. The van der Waals surface area contributed by atoms with Gasteiger partial charge in [0.2, 0.25) is 17.7 Å². The molecule has 3 aliphatic rings. The number of hydrogen-bond donors (Lipinski definition) is 2. The van der Waals surface area contributed by atoms with E-state index in [4.69, 9.17) is 14.2 Å². The Morgan fingerprint density at radius 1 is 0.940 bits per heavy atom. The Kier molecular flexibility index (Phi) is 13.1. The van der Waals surface area contributed by atoms with Crippen molar-refractivity contribution >= 4 is 29.7 Å². The number of aromatic nitrogens is 2. The van der Waals surface area contributed by atoms with E-state index >= 15 is 0 Å². The number of carbonyl (C=O) groups is 5. The van der Waals surface area contributed by atoms with Gasteiger partial charge in [0.25, 0.3) is 11.8 Å². The van der Waals surface area contributed by atoms with Gasteiger partial charge in [0.1, 0.15) is 12.1 Å². The number of ether oxygens (including phenoxy) is 3. The molecule has 15 nitrogen and oxygen atoms in total. The molecule has 1 aromatic heterocycles. The van der Waals surface area contributed by atoms with Crippen LogP contribution in [0.15, 0.2) is 36.4 Å². The van der Waals surface area contributed by atoms with Crippen LogP contribution in [-0.4, -0.2) is 131 Å². The van der Waals surface area contributed by atoms with E-state index in [9.17, 15) is 24.0 Å². The summed E-state index contributed by atoms with van der Waals surface area (Å²) in [6, 6.07) is 9.09. The Hall–Kier alpha value is -4.66. The number of likely N-dealkylation sites (tertiary alicyclic amines) is 1. The van der Waals surface area contributed by atoms with Gasteiger partial charge in [0.05, 0.1) is 18.9 Å². The molecule has 50 heavy (non-hydrogen) atoms. The average molecular weight is 696 g/mol. The average Bonchev–Trinajstić information content (AvgIpc) is 3.79. The van der Waals surface area contributed by atoms with Crippen molar-refractivity contribution in [3.63, 3.8) is 0 Å². The summed E-state index contributed by atoms with van der Waals surface area (Å²) in [6.45, 7) is 5.78. The molecule has 272 valence electrons. The van der Waals surface area contributed by atoms with Gasteiger partial charge in [-0.2, -0.15) is 5.10 Å². The van der Waals surface area contributed by atoms with Gasteiger partial charge >= 0.3 is 6.09 Å². The van der Waals surface area contributed by atoms with E-state index in [1.165, 1.54) is 10.7 Å². The van der Waals surface area contributed by atoms with Gasteiger partial charge in [0.15, 0.2) is 12.3 Å². The van der Waals surface area contributed by atoms with Crippen LogP contribution in [0, 0.1) is 0 Å². The molecule has 1 aliphatic carbocycles. The summed E-state index contributed by atoms with van der Waals surface area (Å²) in [5.41, 5.74) is 0.574. The molecule has 3 heterocycles. The van der Waals surface area contributed by atoms with Crippen LogP contribution in [0.1, 0.15) is 69.3 Å². The lowest BCUT2D eigenvalue weighted by Crippen LogP contribution is -2.57. The van der Waals surface area contributed by atoms with Crippen molar-refractivity contribution in [2.75, 3.05) is 59.2 Å². The standard InChI is InChI=1S/C35H49N7O8/c1-3-5-21-49-35(47)40-19-17-39(18-20-40)34(46)28(23-48-4-2)37-32(44)27-22-31(42(38-27)26-13-7-6-8-14-26)50-24-30(43)41-16-10-15-29(41)33(45)36-25-11-9-12-25/h6-8,13-14,22,25,28-29H,3-5,9-12,15-21,23-24H2,1-2H3,(H,36,45)(H,37,44). The van der Waals surface area contributed by atoms with E-state index < -0.39 is 24.1 Å². The number of benzene rings is 1. The van der Waals surface area contributed by atoms with Gasteiger partial charge in [-0.15, -0.1) is 0 Å². The number of piperazine rings is 1. The van der Waals surface area contributed by atoms with E-state index in [1.807, 2.05) is 25.1 Å². The van der Waals surface area contributed by atoms with Crippen LogP contribution in [0.25, 0.3) is 5.69 Å². The van der Waals surface area contributed by atoms with Crippen molar-refractivity contribution in [1.82, 2.24) is 35.1 Å². The molecule has 15 heteroatoms. The molecule has 2 unspecified atom stereocenters. The summed E-state index contributed by atoms with van der Waals surface area (Å²) < 4.78 is 18.2. The van der Waals surface area contributed by atoms with Gasteiger partial charge in [-0.05, 0) is 57.6 Å². The van der Waals surface area contributed by atoms with E-state index in [-0.39, 0.29) is 61.6 Å². The summed E-state index contributed by atoms with van der Waals surface area (Å²) in [5.74, 6) is -1.27. The maximum Gasteiger partial charge on any atom is 0.409 e. The first-order valence-electron chi connectivity index (χ1n) is 17.8. The first kappa shape index (κ1) is 36.6. The fourth-order valence-electron chi connectivity index (χ4n) is 6.11. The molecule has 1 aromatic carbocycles. The second-order valence-corrected chi connectivity index (χ2v) is 12.8. The predicted octanol–water partition coefficient (Wildman–Crippen LogP) is 2.13. The van der Waals surface area contributed by atoms with Crippen LogP contribution in [0.4, 0.5) is 4.79 Å². The fraction of sp³-hybridized carbons (Fsp3) is 0.600. The van der Waals surface area contributed by atoms with Crippen molar-refractivity contribution in [3.8, 4) is 11.6 Å². The monoisotopic (exact) mass is 695 g/mol. The Labute approximate surface area is 292 Å². The van der Waals surface area contributed by atoms with Gasteiger partial charge in [-0.3, -0.25) is 19.2 Å². The first-order chi connectivity index (χ1) is 24.3. The smallest absolute Gasteiger partial charge is 0.409 e. The van der Waals surface area contributed by atoms with Crippen molar-refractivity contribution < 1.29 is 38.2 Å². The Bertz CT molecular complexity index is 1470. The summed E-state index contributed by atoms with van der Waals surface area (Å²) in [6.07, 6.45) is 5.66. The number of nitrogens with zero attached hydrogens (tertiary/aromatic N) is 5. The van der Waals surface area contributed by atoms with Gasteiger partial charge in [0, 0.05) is 51.4 Å². The molecule has 2 N–H and O–H groups in total. The van der Waals surface area contributed by atoms with E-state index in [0.717, 1.165) is 38.5 Å². The number of hydrogen-bond acceptors (Lipinski definition) is 9. The van der Waals surface area contributed by atoms with E-state index in [0.29, 0.717) is 45.0 Å². The fourth-order valence-corrected chi connectivity index (χ4v) is 6.11. The van der Waals surface area contributed by atoms with Crippen LogP contribution in [-0.2, 0) is 23.9 Å². The molecule has 5 amide bonds. The summed E-state index contributed by atoms with van der Waals surface area (Å²) in [5, 5.41) is 10.3. The van der Waals surface area contributed by atoms with Gasteiger partial charge in [-0.25, -0.2) is 9.48 Å². The third-order valence-corrected chi connectivity index (χ3v) is 9.25. The zero-order chi connectivity index (χ0) is 35.5. The third kappa shape index (κ3) is 9.31. The van der Waals surface area contributed by atoms with Gasteiger partial charge in [-0.1, -0.05) is 31.5 Å². The minimum Gasteiger partial charge on any atom is -0.467 e. The largest absolute Gasteiger partial charge is 0.467 e. The predicted molar refractivity (Wildman–Crippen MR) is 182 cm³/mol. The number of amides is 5. The van der Waals surface area contributed by atoms with Crippen LogP contribution < -0.4 is 15.4 Å². The second-order valence-electron chi connectivity index (χ2n) is 12.8. The SMILES string of the molecule is CCCCOC(=O)N1CCN(C(=O)C(COCC)NC(=O)c2cc(OCC(=O)N3CCCC3C(=O)NC3CCC3)n(-c3ccccc3)n2)CC1. The maximum absolute atomic E-state index is 13.6. The number of carbonyl (C=O) groups excluding carboxylic acids is 5. The third-order valence-electron chi connectivity index (χ3n) is 9.25. The quantitative estimate of drug-likeness (QED) is 0.266. The van der Waals surface area contributed by atoms with Gasteiger partial charge < -0.3 is 39.5 Å². The van der Waals surface area contributed by atoms with Crippen molar-refractivity contribution in [1.29, 1.82) is 0 Å². The van der Waals surface area contributed by atoms with E-state index in [2.05, 4.69) is 15.7 Å². The molecule has 0 bridgehead atoms. The summed E-state index contributed by atoms with van der Waals surface area (Å²) >= 11 is 0. The Morgan fingerprint density at radius 3 is 2.36 bits per heavy atom. The number of unbranched alkanes of at least 4 members (excludes halogenated alkanes) is 1. The topological polar surface area (TPSA) is 165 Å². The molecule has 5 rings (SSSR count). The normalized spacial score (nSPS) is 18.3. The van der Waals surface area contributed by atoms with Crippen molar-refractivity contribution in [3.05, 3.63) is 42.1 Å². The number of nitrogens with one attached hydrogen (secondary N) is 2. The van der Waals surface area contributed by atoms with Crippen LogP contribution >= 0.6 is 0 Å². The molecule has 2 aliphatic heterocycles. The molecule has 2 atom stereocenters. The van der Waals surface area contributed by atoms with Crippen LogP contribution in [0.5, 0.6) is 5.88 Å². The summed E-state index contributed by atoms with van der Waals surface area (Å²) in [7, 11) is 0. The number of rotatable bonds is 15. The van der Waals surface area contributed by atoms with Crippen LogP contribution in [0.2, 0.25) is 0 Å². The Balaban J connectivity index is 1.24.